The second kappa shape index (κ2) is 3.25. The van der Waals surface area contributed by atoms with Crippen LogP contribution in [-0.2, 0) is 11.8 Å². The molecule has 1 aromatic heterocycles. The molecule has 0 unspecified atom stereocenters. The van der Waals surface area contributed by atoms with Crippen LogP contribution < -0.4 is 0 Å². The third kappa shape index (κ3) is 1.53. The smallest absolute Gasteiger partial charge is 0.0491 e. The number of hydrogen-bond acceptors (Lipinski definition) is 0. The SMILES string of the molecule is Cc1ccc2c(c1)C(C)(C)Cc1cc(C)[nH]c1-2. The fourth-order valence-electron chi connectivity index (χ4n) is 3.03. The molecule has 2 aromatic rings. The molecule has 0 spiro atoms. The van der Waals surface area contributed by atoms with Crippen molar-refractivity contribution in [3.63, 3.8) is 0 Å². The first kappa shape index (κ1) is 10.6. The van der Waals surface area contributed by atoms with Gasteiger partial charge in [-0.25, -0.2) is 0 Å². The maximum Gasteiger partial charge on any atom is 0.0491 e. The maximum atomic E-state index is 3.51. The van der Waals surface area contributed by atoms with E-state index in [4.69, 9.17) is 0 Å². The summed E-state index contributed by atoms with van der Waals surface area (Å²) in [5.41, 5.74) is 8.51. The first-order valence-electron chi connectivity index (χ1n) is 6.27. The number of aromatic nitrogens is 1. The number of aryl methyl sites for hydroxylation is 2. The highest BCUT2D eigenvalue weighted by molar-refractivity contribution is 5.73. The average molecular weight is 225 g/mol. The highest BCUT2D eigenvalue weighted by Gasteiger charge is 2.31. The van der Waals surface area contributed by atoms with Gasteiger partial charge in [-0.05, 0) is 42.9 Å². The zero-order valence-electron chi connectivity index (χ0n) is 11.0. The van der Waals surface area contributed by atoms with Crippen molar-refractivity contribution in [2.24, 2.45) is 0 Å². The molecule has 1 nitrogen and oxygen atoms in total. The lowest BCUT2D eigenvalue weighted by molar-refractivity contribution is 0.517. The number of H-pyrrole nitrogens is 1. The van der Waals surface area contributed by atoms with Crippen LogP contribution in [0.2, 0.25) is 0 Å². The Morgan fingerprint density at radius 1 is 1.12 bits per heavy atom. The first-order valence-corrected chi connectivity index (χ1v) is 6.27. The summed E-state index contributed by atoms with van der Waals surface area (Å²) in [6.45, 7) is 9.00. The van der Waals surface area contributed by atoms with Crippen LogP contribution in [0, 0.1) is 13.8 Å². The lowest BCUT2D eigenvalue weighted by atomic mass is 9.72. The van der Waals surface area contributed by atoms with E-state index in [1.807, 2.05) is 0 Å². The molecule has 1 aliphatic carbocycles. The Morgan fingerprint density at radius 3 is 2.65 bits per heavy atom. The Morgan fingerprint density at radius 2 is 1.88 bits per heavy atom. The van der Waals surface area contributed by atoms with Gasteiger partial charge in [0, 0.05) is 17.0 Å². The summed E-state index contributed by atoms with van der Waals surface area (Å²) >= 11 is 0. The molecule has 0 amide bonds. The maximum absolute atomic E-state index is 3.51. The lowest BCUT2D eigenvalue weighted by Gasteiger charge is -2.32. The summed E-state index contributed by atoms with van der Waals surface area (Å²) < 4.78 is 0. The number of benzene rings is 1. The third-order valence-electron chi connectivity index (χ3n) is 3.84. The number of fused-ring (bicyclic) bond motifs is 3. The monoisotopic (exact) mass is 225 g/mol. The minimum atomic E-state index is 0.239. The van der Waals surface area contributed by atoms with E-state index in [9.17, 15) is 0 Å². The van der Waals surface area contributed by atoms with Crippen molar-refractivity contribution in [2.75, 3.05) is 0 Å². The van der Waals surface area contributed by atoms with Crippen LogP contribution in [0.3, 0.4) is 0 Å². The van der Waals surface area contributed by atoms with Crippen LogP contribution in [0.25, 0.3) is 11.3 Å². The van der Waals surface area contributed by atoms with E-state index in [1.54, 1.807) is 0 Å². The fraction of sp³-hybridized carbons (Fsp3) is 0.375. The van der Waals surface area contributed by atoms with Crippen LogP contribution in [0.1, 0.15) is 36.2 Å². The van der Waals surface area contributed by atoms with Crippen molar-refractivity contribution in [3.8, 4) is 11.3 Å². The molecule has 0 saturated heterocycles. The van der Waals surface area contributed by atoms with Gasteiger partial charge in [0.2, 0.25) is 0 Å². The standard InChI is InChI=1S/C16H19N/c1-10-5-6-13-14(7-10)16(3,4)9-12-8-11(2)17-15(12)13/h5-8,17H,9H2,1-4H3. The normalized spacial score (nSPS) is 16.5. The molecule has 88 valence electrons. The molecule has 1 heterocycles. The lowest BCUT2D eigenvalue weighted by Crippen LogP contribution is -2.25. The summed E-state index contributed by atoms with van der Waals surface area (Å²) in [5, 5.41) is 0. The molecule has 1 N–H and O–H groups in total. The van der Waals surface area contributed by atoms with E-state index < -0.39 is 0 Å². The molecule has 1 aliphatic rings. The average Bonchev–Trinajstić information content (AvgIpc) is 2.58. The zero-order chi connectivity index (χ0) is 12.2. The van der Waals surface area contributed by atoms with Gasteiger partial charge in [0.25, 0.3) is 0 Å². The van der Waals surface area contributed by atoms with Gasteiger partial charge < -0.3 is 4.98 Å². The van der Waals surface area contributed by atoms with Crippen LogP contribution in [0.4, 0.5) is 0 Å². The summed E-state index contributed by atoms with van der Waals surface area (Å²) in [4.78, 5) is 3.51. The summed E-state index contributed by atoms with van der Waals surface area (Å²) in [5.74, 6) is 0. The van der Waals surface area contributed by atoms with E-state index in [0.717, 1.165) is 6.42 Å². The number of rotatable bonds is 0. The topological polar surface area (TPSA) is 15.8 Å². The predicted octanol–water partition coefficient (Wildman–Crippen LogP) is 4.13. The highest BCUT2D eigenvalue weighted by Crippen LogP contribution is 2.43. The molecule has 0 aliphatic heterocycles. The van der Waals surface area contributed by atoms with Crippen molar-refractivity contribution >= 4 is 0 Å². The third-order valence-corrected chi connectivity index (χ3v) is 3.84. The van der Waals surface area contributed by atoms with Gasteiger partial charge in [0.1, 0.15) is 0 Å². The second-order valence-electron chi connectivity index (χ2n) is 5.96. The molecule has 0 radical (unpaired) electrons. The summed E-state index contributed by atoms with van der Waals surface area (Å²) in [7, 11) is 0. The van der Waals surface area contributed by atoms with Crippen LogP contribution >= 0.6 is 0 Å². The van der Waals surface area contributed by atoms with Gasteiger partial charge in [-0.2, -0.15) is 0 Å². The van der Waals surface area contributed by atoms with E-state index in [0.29, 0.717) is 0 Å². The Hall–Kier alpha value is -1.50. The predicted molar refractivity (Wildman–Crippen MR) is 72.4 cm³/mol. The van der Waals surface area contributed by atoms with E-state index in [2.05, 4.69) is 56.9 Å². The van der Waals surface area contributed by atoms with Gasteiger partial charge in [-0.15, -0.1) is 0 Å². The van der Waals surface area contributed by atoms with Crippen molar-refractivity contribution in [2.45, 2.75) is 39.5 Å². The molecule has 17 heavy (non-hydrogen) atoms. The molecule has 0 fully saturated rings. The van der Waals surface area contributed by atoms with Gasteiger partial charge >= 0.3 is 0 Å². The van der Waals surface area contributed by atoms with Crippen molar-refractivity contribution in [3.05, 3.63) is 46.6 Å². The fourth-order valence-corrected chi connectivity index (χ4v) is 3.03. The molecule has 0 atom stereocenters. The first-order chi connectivity index (χ1) is 7.97. The number of aromatic amines is 1. The second-order valence-corrected chi connectivity index (χ2v) is 5.96. The van der Waals surface area contributed by atoms with Gasteiger partial charge in [0.05, 0.1) is 0 Å². The molecule has 3 rings (SSSR count). The Labute approximate surface area is 103 Å². The summed E-state index contributed by atoms with van der Waals surface area (Å²) in [6.07, 6.45) is 1.13. The minimum Gasteiger partial charge on any atom is -0.358 e. The Kier molecular flexibility index (Phi) is 2.04. The van der Waals surface area contributed by atoms with Crippen LogP contribution in [0.15, 0.2) is 24.3 Å². The van der Waals surface area contributed by atoms with Gasteiger partial charge in [-0.3, -0.25) is 0 Å². The number of hydrogen-bond donors (Lipinski definition) is 1. The van der Waals surface area contributed by atoms with Crippen molar-refractivity contribution < 1.29 is 0 Å². The van der Waals surface area contributed by atoms with Crippen molar-refractivity contribution in [1.82, 2.24) is 4.98 Å². The van der Waals surface area contributed by atoms with E-state index >= 15 is 0 Å². The molecule has 0 saturated carbocycles. The summed E-state index contributed by atoms with van der Waals surface area (Å²) in [6, 6.07) is 9.11. The minimum absolute atomic E-state index is 0.239. The van der Waals surface area contributed by atoms with Crippen LogP contribution in [0.5, 0.6) is 0 Å². The quantitative estimate of drug-likeness (QED) is 0.693. The molecule has 1 aromatic carbocycles. The zero-order valence-corrected chi connectivity index (χ0v) is 11.0. The molecular formula is C16H19N. The Bertz CT molecular complexity index is 588. The van der Waals surface area contributed by atoms with E-state index in [-0.39, 0.29) is 5.41 Å². The van der Waals surface area contributed by atoms with Crippen molar-refractivity contribution in [1.29, 1.82) is 0 Å². The highest BCUT2D eigenvalue weighted by atomic mass is 14.7. The van der Waals surface area contributed by atoms with Gasteiger partial charge in [0.15, 0.2) is 0 Å². The van der Waals surface area contributed by atoms with Crippen LogP contribution in [-0.4, -0.2) is 4.98 Å². The van der Waals surface area contributed by atoms with Gasteiger partial charge in [-0.1, -0.05) is 37.6 Å². The molecule has 1 heteroatoms. The Balaban J connectivity index is 2.32. The largest absolute Gasteiger partial charge is 0.358 e. The van der Waals surface area contributed by atoms with E-state index in [1.165, 1.54) is 33.6 Å². The molecule has 0 bridgehead atoms. The molecular weight excluding hydrogens is 206 g/mol. The number of nitrogens with one attached hydrogen (secondary N) is 1.